The summed E-state index contributed by atoms with van der Waals surface area (Å²) in [6.45, 7) is -0.361. The summed E-state index contributed by atoms with van der Waals surface area (Å²) in [5, 5.41) is 10.6. The normalized spacial score (nSPS) is 11.7. The topological polar surface area (TPSA) is 95.6 Å². The molecule has 0 saturated heterocycles. The zero-order valence-electron chi connectivity index (χ0n) is 9.72. The second-order valence-electron chi connectivity index (χ2n) is 3.98. The molecular formula is C10H11F3N6. The lowest BCUT2D eigenvalue weighted by Crippen LogP contribution is -2.14. The Morgan fingerprint density at radius 3 is 2.32 bits per heavy atom. The van der Waals surface area contributed by atoms with E-state index in [-0.39, 0.29) is 12.4 Å². The van der Waals surface area contributed by atoms with Gasteiger partial charge in [0.2, 0.25) is 0 Å². The van der Waals surface area contributed by atoms with Gasteiger partial charge >= 0.3 is 6.18 Å². The SMILES string of the molecule is Nc1cc(N)cc(-c2nnnn2CCC(F)(F)F)c1. The highest BCUT2D eigenvalue weighted by Crippen LogP contribution is 2.24. The highest BCUT2D eigenvalue weighted by atomic mass is 19.4. The predicted octanol–water partition coefficient (Wildman–Crippen LogP) is 1.46. The highest BCUT2D eigenvalue weighted by molar-refractivity contribution is 5.67. The Morgan fingerprint density at radius 2 is 1.74 bits per heavy atom. The van der Waals surface area contributed by atoms with Crippen LogP contribution in [0.5, 0.6) is 0 Å². The maximum Gasteiger partial charge on any atom is 0.390 e. The Kier molecular flexibility index (Phi) is 3.28. The van der Waals surface area contributed by atoms with Crippen LogP contribution < -0.4 is 11.5 Å². The molecule has 1 aromatic carbocycles. The van der Waals surface area contributed by atoms with Gasteiger partial charge in [0.25, 0.3) is 0 Å². The van der Waals surface area contributed by atoms with Crippen molar-refractivity contribution in [3.63, 3.8) is 0 Å². The lowest BCUT2D eigenvalue weighted by molar-refractivity contribution is -0.137. The number of nitrogens with zero attached hydrogens (tertiary/aromatic N) is 4. The van der Waals surface area contributed by atoms with Crippen LogP contribution in [0.25, 0.3) is 11.4 Å². The highest BCUT2D eigenvalue weighted by Gasteiger charge is 2.27. The summed E-state index contributed by atoms with van der Waals surface area (Å²) < 4.78 is 37.6. The molecule has 0 aliphatic rings. The van der Waals surface area contributed by atoms with E-state index < -0.39 is 12.6 Å². The molecule has 1 heterocycles. The molecule has 6 nitrogen and oxygen atoms in total. The van der Waals surface area contributed by atoms with Gasteiger partial charge in [-0.05, 0) is 28.6 Å². The van der Waals surface area contributed by atoms with Crippen LogP contribution in [0.2, 0.25) is 0 Å². The van der Waals surface area contributed by atoms with Crippen molar-refractivity contribution in [2.45, 2.75) is 19.1 Å². The standard InChI is InChI=1S/C10H11F3N6/c11-10(12,13)1-2-19-9(16-17-18-19)6-3-7(14)5-8(15)4-6/h3-5H,1-2,14-15H2. The van der Waals surface area contributed by atoms with E-state index in [4.69, 9.17) is 11.5 Å². The maximum atomic E-state index is 12.2. The fourth-order valence-electron chi connectivity index (χ4n) is 1.60. The number of hydrogen-bond donors (Lipinski definition) is 2. The summed E-state index contributed by atoms with van der Waals surface area (Å²) in [5.41, 5.74) is 12.5. The van der Waals surface area contributed by atoms with Crippen LogP contribution in [-0.2, 0) is 6.54 Å². The smallest absolute Gasteiger partial charge is 0.390 e. The number of nitrogens with two attached hydrogens (primary N) is 2. The predicted molar refractivity (Wildman–Crippen MR) is 62.7 cm³/mol. The van der Waals surface area contributed by atoms with Crippen molar-refractivity contribution in [2.75, 3.05) is 11.5 Å². The molecule has 9 heteroatoms. The van der Waals surface area contributed by atoms with E-state index in [0.717, 1.165) is 4.68 Å². The number of aromatic nitrogens is 4. The van der Waals surface area contributed by atoms with Crippen LogP contribution in [0, 0.1) is 0 Å². The molecule has 0 radical (unpaired) electrons. The third-order valence-electron chi connectivity index (χ3n) is 2.37. The summed E-state index contributed by atoms with van der Waals surface area (Å²) in [4.78, 5) is 0. The third kappa shape index (κ3) is 3.33. The quantitative estimate of drug-likeness (QED) is 0.824. The molecule has 0 unspecified atom stereocenters. The number of rotatable bonds is 3. The molecule has 1 aromatic heterocycles. The lowest BCUT2D eigenvalue weighted by atomic mass is 10.1. The van der Waals surface area contributed by atoms with Gasteiger partial charge in [0.05, 0.1) is 13.0 Å². The fraction of sp³-hybridized carbons (Fsp3) is 0.300. The third-order valence-corrected chi connectivity index (χ3v) is 2.37. The van der Waals surface area contributed by atoms with Crippen molar-refractivity contribution in [2.24, 2.45) is 0 Å². The summed E-state index contributed by atoms with van der Waals surface area (Å²) in [6.07, 6.45) is -5.28. The van der Waals surface area contributed by atoms with Crippen molar-refractivity contribution in [3.8, 4) is 11.4 Å². The number of benzene rings is 1. The van der Waals surface area contributed by atoms with Crippen molar-refractivity contribution in [1.82, 2.24) is 20.2 Å². The molecule has 0 aliphatic heterocycles. The van der Waals surface area contributed by atoms with Gasteiger partial charge in [-0.1, -0.05) is 0 Å². The largest absolute Gasteiger partial charge is 0.399 e. The van der Waals surface area contributed by atoms with E-state index in [1.54, 1.807) is 12.1 Å². The molecule has 0 amide bonds. The first kappa shape index (κ1) is 13.1. The van der Waals surface area contributed by atoms with Crippen molar-refractivity contribution in [3.05, 3.63) is 18.2 Å². The van der Waals surface area contributed by atoms with Gasteiger partial charge in [0, 0.05) is 16.9 Å². The minimum Gasteiger partial charge on any atom is -0.399 e. The van der Waals surface area contributed by atoms with Crippen LogP contribution in [0.3, 0.4) is 0 Å². The number of halogens is 3. The molecule has 2 aromatic rings. The van der Waals surface area contributed by atoms with E-state index in [9.17, 15) is 13.2 Å². The Bertz CT molecular complexity index is 557. The van der Waals surface area contributed by atoms with Gasteiger partial charge in [0.1, 0.15) is 0 Å². The van der Waals surface area contributed by atoms with Crippen LogP contribution in [0.15, 0.2) is 18.2 Å². The molecule has 4 N–H and O–H groups in total. The van der Waals surface area contributed by atoms with E-state index in [1.165, 1.54) is 6.07 Å². The lowest BCUT2D eigenvalue weighted by Gasteiger charge is -2.08. The average Bonchev–Trinajstić information content (AvgIpc) is 2.72. The number of nitrogen functional groups attached to an aromatic ring is 2. The number of alkyl halides is 3. The molecule has 102 valence electrons. The van der Waals surface area contributed by atoms with Crippen LogP contribution in [0.4, 0.5) is 24.5 Å². The van der Waals surface area contributed by atoms with Gasteiger partial charge in [-0.3, -0.25) is 0 Å². The van der Waals surface area contributed by atoms with Crippen molar-refractivity contribution >= 4 is 11.4 Å². The van der Waals surface area contributed by atoms with E-state index in [0.29, 0.717) is 16.9 Å². The molecule has 0 atom stereocenters. The molecule has 0 bridgehead atoms. The number of hydrogen-bond acceptors (Lipinski definition) is 5. The first-order valence-electron chi connectivity index (χ1n) is 5.34. The molecule has 0 spiro atoms. The Hall–Kier alpha value is -2.32. The number of aryl methyl sites for hydroxylation is 1. The van der Waals surface area contributed by atoms with Gasteiger partial charge in [-0.2, -0.15) is 13.2 Å². The first-order chi connectivity index (χ1) is 8.85. The first-order valence-corrected chi connectivity index (χ1v) is 5.34. The second kappa shape index (κ2) is 4.75. The van der Waals surface area contributed by atoms with Gasteiger partial charge in [0.15, 0.2) is 5.82 Å². The molecule has 0 fully saturated rings. The summed E-state index contributed by atoms with van der Waals surface area (Å²) in [7, 11) is 0. The van der Waals surface area contributed by atoms with Gasteiger partial charge in [-0.15, -0.1) is 5.10 Å². The minimum atomic E-state index is -4.27. The Balaban J connectivity index is 2.28. The molecular weight excluding hydrogens is 261 g/mol. The number of anilines is 2. The molecule has 0 saturated carbocycles. The van der Waals surface area contributed by atoms with Gasteiger partial charge in [-0.25, -0.2) is 4.68 Å². The summed E-state index contributed by atoms with van der Waals surface area (Å²) in [5.74, 6) is 0.197. The Morgan fingerprint density at radius 1 is 1.11 bits per heavy atom. The maximum absolute atomic E-state index is 12.2. The number of tetrazole rings is 1. The molecule has 19 heavy (non-hydrogen) atoms. The van der Waals surface area contributed by atoms with Crippen LogP contribution in [-0.4, -0.2) is 26.4 Å². The zero-order chi connectivity index (χ0) is 14.0. The fourth-order valence-corrected chi connectivity index (χ4v) is 1.60. The van der Waals surface area contributed by atoms with Crippen molar-refractivity contribution < 1.29 is 13.2 Å². The minimum absolute atomic E-state index is 0.197. The molecule has 0 aliphatic carbocycles. The second-order valence-corrected chi connectivity index (χ2v) is 3.98. The van der Waals surface area contributed by atoms with Crippen LogP contribution >= 0.6 is 0 Å². The van der Waals surface area contributed by atoms with E-state index in [2.05, 4.69) is 15.5 Å². The summed E-state index contributed by atoms with van der Waals surface area (Å²) >= 11 is 0. The van der Waals surface area contributed by atoms with E-state index >= 15 is 0 Å². The molecule has 2 rings (SSSR count). The summed E-state index contributed by atoms with van der Waals surface area (Å²) in [6, 6.07) is 4.63. The van der Waals surface area contributed by atoms with Crippen LogP contribution in [0.1, 0.15) is 6.42 Å². The Labute approximate surface area is 106 Å². The van der Waals surface area contributed by atoms with E-state index in [1.807, 2.05) is 0 Å². The van der Waals surface area contributed by atoms with Crippen molar-refractivity contribution in [1.29, 1.82) is 0 Å². The average molecular weight is 272 g/mol. The zero-order valence-corrected chi connectivity index (χ0v) is 9.72. The monoisotopic (exact) mass is 272 g/mol. The van der Waals surface area contributed by atoms with Gasteiger partial charge < -0.3 is 11.5 Å².